The molecular weight excluding hydrogens is 310 g/mol. The van der Waals surface area contributed by atoms with Crippen molar-refractivity contribution in [3.05, 3.63) is 46.5 Å². The average Bonchev–Trinajstić information content (AvgIpc) is 2.91. The fourth-order valence-corrected chi connectivity index (χ4v) is 2.77. The van der Waals surface area contributed by atoms with E-state index in [1.807, 2.05) is 43.4 Å². The number of carbonyl (C=O) groups excluding carboxylic acids is 2. The number of amides is 1. The first-order valence-electron chi connectivity index (χ1n) is 7.43. The Morgan fingerprint density at radius 2 is 1.87 bits per heavy atom. The summed E-state index contributed by atoms with van der Waals surface area (Å²) in [6.07, 6.45) is 0.361. The summed E-state index contributed by atoms with van der Waals surface area (Å²) < 4.78 is 0. The molecular formula is C17H21N3O2S. The number of carbonyl (C=O) groups is 2. The van der Waals surface area contributed by atoms with Crippen LogP contribution in [0.1, 0.15) is 34.5 Å². The van der Waals surface area contributed by atoms with Gasteiger partial charge >= 0.3 is 0 Å². The Morgan fingerprint density at radius 1 is 1.17 bits per heavy atom. The molecule has 0 spiro atoms. The van der Waals surface area contributed by atoms with E-state index in [1.54, 1.807) is 12.1 Å². The van der Waals surface area contributed by atoms with Gasteiger partial charge in [-0.25, -0.2) is 4.98 Å². The molecule has 1 aromatic heterocycles. The number of anilines is 1. The Kier molecular flexibility index (Phi) is 6.01. The number of rotatable bonds is 7. The molecule has 0 fully saturated rings. The van der Waals surface area contributed by atoms with Gasteiger partial charge in [-0.1, -0.05) is 29.8 Å². The molecule has 0 atom stereocenters. The van der Waals surface area contributed by atoms with Gasteiger partial charge in [-0.15, -0.1) is 11.3 Å². The number of ketones is 1. The summed E-state index contributed by atoms with van der Waals surface area (Å²) in [4.78, 5) is 30.3. The molecule has 1 aromatic carbocycles. The van der Waals surface area contributed by atoms with Crippen molar-refractivity contribution in [2.75, 3.05) is 19.4 Å². The maximum atomic E-state index is 12.0. The zero-order valence-electron chi connectivity index (χ0n) is 13.6. The minimum atomic E-state index is -0.184. The van der Waals surface area contributed by atoms with E-state index in [-0.39, 0.29) is 24.5 Å². The summed E-state index contributed by atoms with van der Waals surface area (Å²) in [6, 6.07) is 7.39. The lowest BCUT2D eigenvalue weighted by Gasteiger charge is -2.05. The minimum Gasteiger partial charge on any atom is -0.304 e. The maximum Gasteiger partial charge on any atom is 0.226 e. The first kappa shape index (κ1) is 17.3. The lowest BCUT2D eigenvalue weighted by Crippen LogP contribution is -2.14. The van der Waals surface area contributed by atoms with Gasteiger partial charge in [0.15, 0.2) is 10.9 Å². The standard InChI is InChI=1S/C17H21N3O2S/c1-12-4-6-13(7-5-12)15(21)8-9-16(22)19-17-18-14(11-23-17)10-20(2)3/h4-7,11H,8-10H2,1-3H3,(H,18,19,22). The SMILES string of the molecule is Cc1ccc(C(=O)CCC(=O)Nc2nc(CN(C)C)cs2)cc1. The summed E-state index contributed by atoms with van der Waals surface area (Å²) in [7, 11) is 3.93. The van der Waals surface area contributed by atoms with Crippen LogP contribution in [0.15, 0.2) is 29.6 Å². The lowest BCUT2D eigenvalue weighted by molar-refractivity contribution is -0.116. The number of benzene rings is 1. The van der Waals surface area contributed by atoms with E-state index >= 15 is 0 Å². The van der Waals surface area contributed by atoms with Gasteiger partial charge in [0, 0.05) is 30.3 Å². The molecule has 5 nitrogen and oxygen atoms in total. The van der Waals surface area contributed by atoms with Gasteiger partial charge < -0.3 is 10.2 Å². The largest absolute Gasteiger partial charge is 0.304 e. The molecule has 6 heteroatoms. The first-order chi connectivity index (χ1) is 10.9. The highest BCUT2D eigenvalue weighted by Gasteiger charge is 2.11. The Morgan fingerprint density at radius 3 is 2.52 bits per heavy atom. The van der Waals surface area contributed by atoms with Gasteiger partial charge in [0.05, 0.1) is 5.69 Å². The smallest absolute Gasteiger partial charge is 0.226 e. The van der Waals surface area contributed by atoms with Crippen LogP contribution in [0.3, 0.4) is 0 Å². The van der Waals surface area contributed by atoms with Crippen molar-refractivity contribution in [2.45, 2.75) is 26.3 Å². The lowest BCUT2D eigenvalue weighted by atomic mass is 10.1. The summed E-state index contributed by atoms with van der Waals surface area (Å²) in [5.74, 6) is -0.205. The summed E-state index contributed by atoms with van der Waals surface area (Å²) in [5, 5.41) is 5.25. The molecule has 0 unspecified atom stereocenters. The quantitative estimate of drug-likeness (QED) is 0.792. The number of nitrogens with one attached hydrogen (secondary N) is 1. The number of nitrogens with zero attached hydrogens (tertiary/aromatic N) is 2. The molecule has 122 valence electrons. The molecule has 0 saturated heterocycles. The zero-order valence-corrected chi connectivity index (χ0v) is 14.4. The monoisotopic (exact) mass is 331 g/mol. The van der Waals surface area contributed by atoms with E-state index in [1.165, 1.54) is 11.3 Å². The number of hydrogen-bond donors (Lipinski definition) is 1. The van der Waals surface area contributed by atoms with Gasteiger partial charge in [-0.2, -0.15) is 0 Å². The molecule has 2 aromatic rings. The second kappa shape index (κ2) is 7.99. The average molecular weight is 331 g/mol. The zero-order chi connectivity index (χ0) is 16.8. The third-order valence-electron chi connectivity index (χ3n) is 3.23. The van der Waals surface area contributed by atoms with Crippen molar-refractivity contribution in [2.24, 2.45) is 0 Å². The van der Waals surface area contributed by atoms with Crippen LogP contribution < -0.4 is 5.32 Å². The molecule has 0 aliphatic carbocycles. The molecule has 0 saturated carbocycles. The number of hydrogen-bond acceptors (Lipinski definition) is 5. The van der Waals surface area contributed by atoms with Crippen LogP contribution in [0, 0.1) is 6.92 Å². The van der Waals surface area contributed by atoms with Crippen LogP contribution >= 0.6 is 11.3 Å². The van der Waals surface area contributed by atoms with Crippen molar-refractivity contribution in [1.29, 1.82) is 0 Å². The second-order valence-electron chi connectivity index (χ2n) is 5.72. The fourth-order valence-electron chi connectivity index (χ4n) is 2.05. The number of aryl methyl sites for hydroxylation is 1. The van der Waals surface area contributed by atoms with Crippen LogP contribution in [0.2, 0.25) is 0 Å². The predicted molar refractivity (Wildman–Crippen MR) is 92.9 cm³/mol. The van der Waals surface area contributed by atoms with Crippen LogP contribution in [0.5, 0.6) is 0 Å². The Balaban J connectivity index is 1.81. The van der Waals surface area contributed by atoms with E-state index in [2.05, 4.69) is 10.3 Å². The maximum absolute atomic E-state index is 12.0. The van der Waals surface area contributed by atoms with Crippen LogP contribution in [0.25, 0.3) is 0 Å². The van der Waals surface area contributed by atoms with Gasteiger partial charge in [0.25, 0.3) is 0 Å². The fraction of sp³-hybridized carbons (Fsp3) is 0.353. The molecule has 0 radical (unpaired) electrons. The summed E-state index contributed by atoms with van der Waals surface area (Å²) in [6.45, 7) is 2.71. The molecule has 2 rings (SSSR count). The Bertz CT molecular complexity index is 677. The van der Waals surface area contributed by atoms with E-state index < -0.39 is 0 Å². The van der Waals surface area contributed by atoms with Crippen LogP contribution in [-0.4, -0.2) is 35.7 Å². The normalized spacial score (nSPS) is 10.8. The topological polar surface area (TPSA) is 62.3 Å². The van der Waals surface area contributed by atoms with E-state index in [9.17, 15) is 9.59 Å². The minimum absolute atomic E-state index is 0.0208. The third-order valence-corrected chi connectivity index (χ3v) is 4.04. The summed E-state index contributed by atoms with van der Waals surface area (Å²) in [5.41, 5.74) is 2.67. The number of thiazole rings is 1. The Hall–Kier alpha value is -2.05. The highest BCUT2D eigenvalue weighted by atomic mass is 32.1. The van der Waals surface area contributed by atoms with Gasteiger partial charge in [0.1, 0.15) is 0 Å². The third kappa shape index (κ3) is 5.58. The van der Waals surface area contributed by atoms with E-state index in [4.69, 9.17) is 0 Å². The highest BCUT2D eigenvalue weighted by molar-refractivity contribution is 7.13. The number of Topliss-reactive ketones (excluding diaryl/α,β-unsaturated/α-hetero) is 1. The van der Waals surface area contributed by atoms with Crippen molar-refractivity contribution in [3.8, 4) is 0 Å². The van der Waals surface area contributed by atoms with Gasteiger partial charge in [0.2, 0.25) is 5.91 Å². The van der Waals surface area contributed by atoms with Gasteiger partial charge in [-0.05, 0) is 21.0 Å². The van der Waals surface area contributed by atoms with Gasteiger partial charge in [-0.3, -0.25) is 9.59 Å². The Labute approximate surface area is 140 Å². The molecule has 23 heavy (non-hydrogen) atoms. The van der Waals surface area contributed by atoms with E-state index in [0.717, 1.165) is 17.8 Å². The molecule has 0 bridgehead atoms. The van der Waals surface area contributed by atoms with Crippen molar-refractivity contribution in [3.63, 3.8) is 0 Å². The molecule has 1 heterocycles. The first-order valence-corrected chi connectivity index (χ1v) is 8.31. The van der Waals surface area contributed by atoms with Crippen LogP contribution in [0.4, 0.5) is 5.13 Å². The van der Waals surface area contributed by atoms with E-state index in [0.29, 0.717) is 10.7 Å². The predicted octanol–water partition coefficient (Wildman–Crippen LogP) is 3.11. The van der Waals surface area contributed by atoms with Crippen molar-refractivity contribution >= 4 is 28.2 Å². The highest BCUT2D eigenvalue weighted by Crippen LogP contribution is 2.17. The molecule has 0 aliphatic heterocycles. The molecule has 1 amide bonds. The second-order valence-corrected chi connectivity index (χ2v) is 6.58. The van der Waals surface area contributed by atoms with Crippen molar-refractivity contribution < 1.29 is 9.59 Å². The molecule has 1 N–H and O–H groups in total. The molecule has 0 aliphatic rings. The van der Waals surface area contributed by atoms with Crippen molar-refractivity contribution in [1.82, 2.24) is 9.88 Å². The van der Waals surface area contributed by atoms with Crippen LogP contribution in [-0.2, 0) is 11.3 Å². The summed E-state index contributed by atoms with van der Waals surface area (Å²) >= 11 is 1.40. The number of aromatic nitrogens is 1.